The van der Waals surface area contributed by atoms with Gasteiger partial charge in [0, 0.05) is 19.2 Å². The van der Waals surface area contributed by atoms with Crippen LogP contribution in [0, 0.1) is 23.2 Å². The number of aliphatic hydroxyl groups is 3. The van der Waals surface area contributed by atoms with Crippen molar-refractivity contribution in [2.45, 2.75) is 113 Å². The highest BCUT2D eigenvalue weighted by molar-refractivity contribution is 5.41. The van der Waals surface area contributed by atoms with Crippen LogP contribution in [-0.4, -0.2) is 96.0 Å². The number of phenolic OH excluding ortho intramolecular Hbond substituents is 1. The molecule has 4 N–H and O–H groups in total. The minimum absolute atomic E-state index is 0.00211. The topological polar surface area (TPSA) is 146 Å². The summed E-state index contributed by atoms with van der Waals surface area (Å²) in [5, 5.41) is 51.6. The first-order valence-corrected chi connectivity index (χ1v) is 19.2. The lowest BCUT2D eigenvalue weighted by atomic mass is 9.52. The first-order valence-electron chi connectivity index (χ1n) is 19.2. The number of aliphatic hydroxyl groups excluding tert-OH is 3. The van der Waals surface area contributed by atoms with E-state index < -0.39 is 36.3 Å². The van der Waals surface area contributed by atoms with Gasteiger partial charge in [-0.15, -0.1) is 5.10 Å². The first-order chi connectivity index (χ1) is 25.4. The fourth-order valence-corrected chi connectivity index (χ4v) is 10.6. The van der Waals surface area contributed by atoms with Crippen LogP contribution >= 0.6 is 0 Å². The number of pyridine rings is 1. The number of aromatic hydroxyl groups is 1. The minimum atomic E-state index is -4.65. The van der Waals surface area contributed by atoms with Gasteiger partial charge in [-0.2, -0.15) is 13.2 Å². The Labute approximate surface area is 307 Å². The van der Waals surface area contributed by atoms with Gasteiger partial charge in [0.25, 0.3) is 0 Å². The summed E-state index contributed by atoms with van der Waals surface area (Å²) in [5.74, 6) is 2.14. The molecular weight excluding hydrogens is 691 g/mol. The van der Waals surface area contributed by atoms with Crippen LogP contribution in [0.4, 0.5) is 13.2 Å². The molecule has 3 aliphatic carbocycles. The minimum Gasteiger partial charge on any atom is -0.508 e. The number of ether oxygens (including phenoxy) is 2. The monoisotopic (exact) mass is 741 g/mol. The smallest absolute Gasteiger partial charge is 0.433 e. The zero-order valence-corrected chi connectivity index (χ0v) is 30.0. The third-order valence-corrected chi connectivity index (χ3v) is 13.4. The van der Waals surface area contributed by atoms with Crippen molar-refractivity contribution in [2.24, 2.45) is 23.2 Å². The number of phenols is 1. The van der Waals surface area contributed by atoms with E-state index in [1.165, 1.54) is 17.2 Å². The summed E-state index contributed by atoms with van der Waals surface area (Å²) in [4.78, 5) is 5.99. The Balaban J connectivity index is 0.838. The molecule has 10 atom stereocenters. The van der Waals surface area contributed by atoms with Gasteiger partial charge in [-0.1, -0.05) is 24.3 Å². The lowest BCUT2D eigenvalue weighted by Crippen LogP contribution is -2.51. The van der Waals surface area contributed by atoms with Crippen LogP contribution < -0.4 is 4.74 Å². The van der Waals surface area contributed by atoms with E-state index in [4.69, 9.17) is 9.47 Å². The second-order valence-electron chi connectivity index (χ2n) is 16.4. The molecule has 2 aromatic heterocycles. The van der Waals surface area contributed by atoms with E-state index in [1.807, 2.05) is 12.1 Å². The molecule has 53 heavy (non-hydrogen) atoms. The lowest BCUT2D eigenvalue weighted by molar-refractivity contribution is -0.184. The molecule has 4 heterocycles. The van der Waals surface area contributed by atoms with Gasteiger partial charge in [-0.3, -0.25) is 0 Å². The zero-order valence-electron chi connectivity index (χ0n) is 30.0. The van der Waals surface area contributed by atoms with E-state index in [0.29, 0.717) is 35.1 Å². The van der Waals surface area contributed by atoms with Crippen molar-refractivity contribution in [3.63, 3.8) is 0 Å². The van der Waals surface area contributed by atoms with Crippen LogP contribution in [0.15, 0.2) is 42.6 Å². The molecule has 1 aromatic carbocycles. The number of nitrogens with zero attached hydrogens (tertiary/aromatic N) is 5. The molecular formula is C39H50F3N5O6. The van der Waals surface area contributed by atoms with E-state index in [0.717, 1.165) is 89.6 Å². The summed E-state index contributed by atoms with van der Waals surface area (Å²) in [6, 6.07) is 9.34. The molecule has 0 amide bonds. The van der Waals surface area contributed by atoms with Gasteiger partial charge in [0.1, 0.15) is 35.4 Å². The van der Waals surface area contributed by atoms with Crippen LogP contribution in [0.1, 0.15) is 98.9 Å². The fourth-order valence-electron chi connectivity index (χ4n) is 10.6. The highest BCUT2D eigenvalue weighted by Gasteiger charge is 2.56. The molecule has 5 unspecified atom stereocenters. The molecule has 0 radical (unpaired) electrons. The predicted octanol–water partition coefficient (Wildman–Crippen LogP) is 5.20. The number of halogens is 3. The van der Waals surface area contributed by atoms with E-state index in [9.17, 15) is 33.6 Å². The van der Waals surface area contributed by atoms with E-state index >= 15 is 0 Å². The van der Waals surface area contributed by atoms with Crippen molar-refractivity contribution < 1.29 is 43.1 Å². The highest BCUT2D eigenvalue weighted by Crippen LogP contribution is 2.62. The Morgan fingerprint density at radius 1 is 1.02 bits per heavy atom. The van der Waals surface area contributed by atoms with Crippen LogP contribution in [0.2, 0.25) is 0 Å². The Kier molecular flexibility index (Phi) is 9.97. The molecule has 2 aliphatic heterocycles. The van der Waals surface area contributed by atoms with Gasteiger partial charge in [-0.25, -0.2) is 9.67 Å². The summed E-state index contributed by atoms with van der Waals surface area (Å²) in [7, 11) is 0. The second kappa shape index (κ2) is 14.4. The van der Waals surface area contributed by atoms with Gasteiger partial charge in [0.15, 0.2) is 6.10 Å². The molecule has 3 aromatic rings. The Bertz CT molecular complexity index is 1750. The Morgan fingerprint density at radius 2 is 1.83 bits per heavy atom. The normalized spacial score (nSPS) is 35.0. The van der Waals surface area contributed by atoms with Crippen molar-refractivity contribution >= 4 is 0 Å². The number of alkyl halides is 3. The molecule has 288 valence electrons. The molecule has 2 saturated heterocycles. The number of aromatic nitrogens is 4. The summed E-state index contributed by atoms with van der Waals surface area (Å²) in [6.07, 6.45) is 1.04. The van der Waals surface area contributed by atoms with Crippen LogP contribution in [0.3, 0.4) is 0 Å². The number of benzene rings is 1. The maximum Gasteiger partial charge on any atom is 0.433 e. The van der Waals surface area contributed by atoms with Gasteiger partial charge < -0.3 is 34.8 Å². The molecule has 5 aliphatic rings. The van der Waals surface area contributed by atoms with Crippen molar-refractivity contribution in [2.75, 3.05) is 26.2 Å². The van der Waals surface area contributed by atoms with E-state index in [2.05, 4.69) is 33.2 Å². The Morgan fingerprint density at radius 3 is 2.62 bits per heavy atom. The van der Waals surface area contributed by atoms with Gasteiger partial charge in [-0.05, 0) is 123 Å². The summed E-state index contributed by atoms with van der Waals surface area (Å²) < 4.78 is 52.3. The third-order valence-electron chi connectivity index (χ3n) is 13.4. The predicted molar refractivity (Wildman–Crippen MR) is 186 cm³/mol. The van der Waals surface area contributed by atoms with Crippen LogP contribution in [-0.2, 0) is 17.3 Å². The maximum atomic E-state index is 13.1. The second-order valence-corrected chi connectivity index (χ2v) is 16.4. The number of hydrogen-bond donors (Lipinski definition) is 4. The van der Waals surface area contributed by atoms with Crippen molar-refractivity contribution in [1.29, 1.82) is 0 Å². The molecule has 14 heteroatoms. The fraction of sp³-hybridized carbons (Fsp3) is 0.667. The van der Waals surface area contributed by atoms with Gasteiger partial charge >= 0.3 is 6.18 Å². The van der Waals surface area contributed by atoms with Crippen LogP contribution in [0.25, 0.3) is 0 Å². The average molecular weight is 742 g/mol. The molecule has 11 nitrogen and oxygen atoms in total. The number of fused-ring (bicyclic) bond motifs is 5. The summed E-state index contributed by atoms with van der Waals surface area (Å²) in [6.45, 7) is 4.99. The van der Waals surface area contributed by atoms with Crippen molar-refractivity contribution in [3.8, 4) is 11.6 Å². The first kappa shape index (κ1) is 36.7. The molecule has 8 rings (SSSR count). The standard InChI is InChI=1S/C39H50F3N5O6/c1-38-14-11-27-26-8-7-25(48)19-23(26)18-22(34(27)28(38)9-10-32(38)49)4-3-15-46-16-12-24(13-17-46)47-20-29(44-45-47)37-36(51)35(50)30(21-52-37)53-33-6-2-5-31(43-33)39(40,41)42/h2,5-8,19-20,22,24,27-28,30,32,34-37,48-51H,3-4,9-18,21H2,1H3/t22?,27?,28?,30-,32-,34?,35+,36?,37+,38-/m0/s1. The summed E-state index contributed by atoms with van der Waals surface area (Å²) >= 11 is 0. The maximum absolute atomic E-state index is 13.1. The SMILES string of the molecule is C[C@]12CCC3c4ccc(O)cc4CC(CCCN4CCC(n5cc([C@H]6OC[C@H](Oc7cccc(C(F)(F)F)n7)[C@@H](O)C6O)nn5)CC4)C3C1CC[C@@H]2O. The number of piperidine rings is 1. The number of rotatable bonds is 8. The molecule has 0 bridgehead atoms. The van der Waals surface area contributed by atoms with E-state index in [-0.39, 0.29) is 30.0 Å². The van der Waals surface area contributed by atoms with Gasteiger partial charge in [0.05, 0.1) is 24.9 Å². The number of likely N-dealkylation sites (tertiary alicyclic amines) is 1. The molecule has 4 fully saturated rings. The highest BCUT2D eigenvalue weighted by atomic mass is 19.4. The van der Waals surface area contributed by atoms with Gasteiger partial charge in [0.2, 0.25) is 5.88 Å². The molecule has 2 saturated carbocycles. The Hall–Kier alpha value is -3.30. The van der Waals surface area contributed by atoms with Crippen molar-refractivity contribution in [1.82, 2.24) is 24.9 Å². The van der Waals surface area contributed by atoms with E-state index in [1.54, 1.807) is 10.9 Å². The zero-order chi connectivity index (χ0) is 37.1. The van der Waals surface area contributed by atoms with Crippen molar-refractivity contribution in [3.05, 3.63) is 65.1 Å². The lowest BCUT2D eigenvalue weighted by Gasteiger charge is -2.53. The quantitative estimate of drug-likeness (QED) is 0.243. The largest absolute Gasteiger partial charge is 0.508 e. The van der Waals surface area contributed by atoms with Crippen LogP contribution in [0.5, 0.6) is 11.6 Å². The molecule has 0 spiro atoms. The third kappa shape index (κ3) is 7.05. The number of hydrogen-bond acceptors (Lipinski definition) is 10. The average Bonchev–Trinajstić information content (AvgIpc) is 3.74. The summed E-state index contributed by atoms with van der Waals surface area (Å²) in [5.41, 5.74) is 1.96.